The van der Waals surface area contributed by atoms with Gasteiger partial charge in [-0.15, -0.1) is 0 Å². The van der Waals surface area contributed by atoms with Crippen LogP contribution in [0.1, 0.15) is 110 Å². The second-order valence-corrected chi connectivity index (χ2v) is 18.7. The third-order valence-corrected chi connectivity index (χ3v) is 14.3. The number of piperidine rings is 2. The van der Waals surface area contributed by atoms with Crippen LogP contribution in [0.3, 0.4) is 0 Å². The zero-order valence-electron chi connectivity index (χ0n) is 35.2. The lowest BCUT2D eigenvalue weighted by Crippen LogP contribution is -2.56. The van der Waals surface area contributed by atoms with Crippen LogP contribution in [0, 0.1) is 11.3 Å². The topological polar surface area (TPSA) is 172 Å². The van der Waals surface area contributed by atoms with Crippen molar-refractivity contribution in [3.8, 4) is 5.75 Å². The summed E-state index contributed by atoms with van der Waals surface area (Å²) < 4.78 is 15.9. The summed E-state index contributed by atoms with van der Waals surface area (Å²) in [5.41, 5.74) is 5.01. The van der Waals surface area contributed by atoms with Gasteiger partial charge in [0.25, 0.3) is 11.8 Å². The molecule has 3 saturated heterocycles. The molecule has 2 N–H and O–H groups in total. The van der Waals surface area contributed by atoms with Crippen LogP contribution in [0.4, 0.5) is 11.4 Å². The van der Waals surface area contributed by atoms with Gasteiger partial charge < -0.3 is 24.6 Å². The minimum Gasteiger partial charge on any atom is -0.491 e. The summed E-state index contributed by atoms with van der Waals surface area (Å²) in [4.78, 5) is 62.7. The Morgan fingerprint density at radius 1 is 1.05 bits per heavy atom. The lowest BCUT2D eigenvalue weighted by Gasteiger charge is -2.45. The fourth-order valence-corrected chi connectivity index (χ4v) is 10.3. The summed E-state index contributed by atoms with van der Waals surface area (Å²) in [5, 5.41) is 15.8. The van der Waals surface area contributed by atoms with Crippen molar-refractivity contribution in [1.29, 1.82) is 0 Å². The molecule has 5 aromatic rings. The lowest BCUT2D eigenvalue weighted by atomic mass is 9.79. The molecule has 3 aromatic heterocycles. The zero-order valence-corrected chi connectivity index (χ0v) is 35.2. The molecular weight excluding hydrogens is 789 g/mol. The highest BCUT2D eigenvalue weighted by molar-refractivity contribution is 6.09. The summed E-state index contributed by atoms with van der Waals surface area (Å²) in [6.07, 6.45) is 15.6. The number of carbonyl (C=O) groups excluding carboxylic acids is 4. The molecule has 4 amide bonds. The van der Waals surface area contributed by atoms with Gasteiger partial charge in [-0.25, -0.2) is 9.50 Å². The minimum absolute atomic E-state index is 0.164. The number of hydrogen-bond donors (Lipinski definition) is 2. The van der Waals surface area contributed by atoms with Crippen LogP contribution in [-0.4, -0.2) is 109 Å². The number of imide groups is 1. The molecule has 2 saturated carbocycles. The number of fused-ring (bicyclic) bond motifs is 5. The normalized spacial score (nSPS) is 25.8. The van der Waals surface area contributed by atoms with Gasteiger partial charge in [-0.1, -0.05) is 13.0 Å². The molecule has 0 bridgehead atoms. The van der Waals surface area contributed by atoms with E-state index < -0.39 is 18.2 Å². The molecule has 0 radical (unpaired) electrons. The average Bonchev–Trinajstić information content (AvgIpc) is 4.19. The van der Waals surface area contributed by atoms with Crippen molar-refractivity contribution in [3.05, 3.63) is 77.9 Å². The van der Waals surface area contributed by atoms with E-state index in [-0.39, 0.29) is 35.7 Å². The summed E-state index contributed by atoms with van der Waals surface area (Å²) in [6, 6.07) is 11.9. The van der Waals surface area contributed by atoms with Gasteiger partial charge in [0.05, 0.1) is 30.0 Å². The number of rotatable bonds is 11. The van der Waals surface area contributed by atoms with Gasteiger partial charge in [-0.3, -0.25) is 34.1 Å². The standard InChI is InChI=1S/C46H52N10O6/c1-46(14-18-53(19-15-46)31-10-11-32-33(21-31)44(60)56(45-40(32)62-45)37-12-13-39(57)50-43(37)59)26-52(2)29-6-8-30(9-7-29)55-24-28-20-36(38(22-35(28)51-55)61-25-27-4-5-27)49-42(58)34-23-48-54-17-3-16-47-41(34)54/h3,10-11,16-17,20-24,27,29-30,37,40,45H,4-9,12-15,18-19,25-26H2,1-2H3,(H,49,58)(H,50,57,59). The van der Waals surface area contributed by atoms with Gasteiger partial charge in [-0.2, -0.15) is 10.2 Å². The van der Waals surface area contributed by atoms with Crippen molar-refractivity contribution >= 4 is 51.6 Å². The third-order valence-electron chi connectivity index (χ3n) is 14.3. The van der Waals surface area contributed by atoms with Gasteiger partial charge in [0, 0.05) is 73.4 Å². The fourth-order valence-electron chi connectivity index (χ4n) is 10.3. The van der Waals surface area contributed by atoms with Crippen LogP contribution in [0.5, 0.6) is 5.75 Å². The van der Waals surface area contributed by atoms with Crippen molar-refractivity contribution in [1.82, 2.24) is 39.5 Å². The van der Waals surface area contributed by atoms with Gasteiger partial charge in [0.2, 0.25) is 11.8 Å². The number of nitrogens with one attached hydrogen (secondary N) is 2. The lowest BCUT2D eigenvalue weighted by molar-refractivity contribution is -0.137. The van der Waals surface area contributed by atoms with Gasteiger partial charge in [-0.05, 0) is 106 Å². The quantitative estimate of drug-likeness (QED) is 0.127. The largest absolute Gasteiger partial charge is 0.491 e. The van der Waals surface area contributed by atoms with Crippen LogP contribution in [-0.2, 0) is 14.3 Å². The van der Waals surface area contributed by atoms with E-state index in [1.54, 1.807) is 34.1 Å². The van der Waals surface area contributed by atoms with Crippen molar-refractivity contribution in [2.75, 3.05) is 43.5 Å². The summed E-state index contributed by atoms with van der Waals surface area (Å²) in [5.74, 6) is -0.0387. The Kier molecular flexibility index (Phi) is 9.56. The van der Waals surface area contributed by atoms with E-state index in [4.69, 9.17) is 14.6 Å². The van der Waals surface area contributed by atoms with Crippen LogP contribution in [0.2, 0.25) is 0 Å². The van der Waals surface area contributed by atoms with E-state index >= 15 is 0 Å². The predicted octanol–water partition coefficient (Wildman–Crippen LogP) is 5.50. The molecule has 16 nitrogen and oxygen atoms in total. The second kappa shape index (κ2) is 15.2. The van der Waals surface area contributed by atoms with Gasteiger partial charge in [0.1, 0.15) is 23.5 Å². The molecule has 7 heterocycles. The monoisotopic (exact) mass is 840 g/mol. The van der Waals surface area contributed by atoms with Gasteiger partial charge >= 0.3 is 0 Å². The first-order valence-corrected chi connectivity index (χ1v) is 22.2. The number of epoxide rings is 1. The highest BCUT2D eigenvalue weighted by atomic mass is 16.6. The van der Waals surface area contributed by atoms with E-state index in [2.05, 4.69) is 61.4 Å². The number of benzene rings is 2. The predicted molar refractivity (Wildman–Crippen MR) is 229 cm³/mol. The fraction of sp³-hybridized carbons (Fsp3) is 0.500. The maximum atomic E-state index is 13.8. The Balaban J connectivity index is 0.709. The smallest absolute Gasteiger partial charge is 0.261 e. The van der Waals surface area contributed by atoms with Crippen LogP contribution in [0.25, 0.3) is 16.6 Å². The first kappa shape index (κ1) is 39.0. The molecule has 5 fully saturated rings. The number of aromatic nitrogens is 5. The number of hydrogen-bond acceptors (Lipinski definition) is 11. The number of nitrogens with zero attached hydrogens (tertiary/aromatic N) is 8. The first-order valence-electron chi connectivity index (χ1n) is 22.2. The van der Waals surface area contributed by atoms with E-state index in [9.17, 15) is 19.2 Å². The average molecular weight is 841 g/mol. The van der Waals surface area contributed by atoms with Crippen LogP contribution >= 0.6 is 0 Å². The Morgan fingerprint density at radius 3 is 2.66 bits per heavy atom. The molecule has 11 rings (SSSR count). The van der Waals surface area contributed by atoms with Gasteiger partial charge in [0.15, 0.2) is 11.9 Å². The highest BCUT2D eigenvalue weighted by Gasteiger charge is 2.56. The Hall–Kier alpha value is -5.87. The molecule has 0 spiro atoms. The zero-order chi connectivity index (χ0) is 42.3. The first-order chi connectivity index (χ1) is 30.1. The molecule has 62 heavy (non-hydrogen) atoms. The Morgan fingerprint density at radius 2 is 1.87 bits per heavy atom. The molecule has 4 aliphatic heterocycles. The van der Waals surface area contributed by atoms with E-state index in [1.165, 1.54) is 0 Å². The molecule has 2 aromatic carbocycles. The van der Waals surface area contributed by atoms with Crippen molar-refractivity contribution in [3.63, 3.8) is 0 Å². The summed E-state index contributed by atoms with van der Waals surface area (Å²) in [6.45, 7) is 5.84. The number of carbonyl (C=O) groups is 4. The molecular formula is C46H52N10O6. The van der Waals surface area contributed by atoms with E-state index in [0.717, 1.165) is 93.2 Å². The molecule has 16 heteroatoms. The van der Waals surface area contributed by atoms with Crippen LogP contribution < -0.4 is 20.3 Å². The second-order valence-electron chi connectivity index (χ2n) is 18.7. The SMILES string of the molecule is CN(CC1(C)CCN(c2ccc3c(c2)C(=O)N(C2CCC(=O)NC2=O)C2OC32)CC1)C1CCC(n2cc3cc(NC(=O)c4cnn5cccnc45)c(OCC4CC4)cc3n2)CC1. The maximum absolute atomic E-state index is 13.8. The Bertz CT molecular complexity index is 2600. The molecule has 2 aliphatic carbocycles. The molecule has 3 atom stereocenters. The molecule has 6 aliphatic rings. The van der Waals surface area contributed by atoms with Crippen molar-refractivity contribution < 1.29 is 28.7 Å². The van der Waals surface area contributed by atoms with E-state index in [1.807, 2.05) is 24.3 Å². The van der Waals surface area contributed by atoms with Crippen molar-refractivity contribution in [2.45, 2.75) is 102 Å². The Labute approximate surface area is 358 Å². The van der Waals surface area contributed by atoms with E-state index in [0.29, 0.717) is 59.2 Å². The molecule has 322 valence electrons. The number of amides is 4. The summed E-state index contributed by atoms with van der Waals surface area (Å²) >= 11 is 0. The third kappa shape index (κ3) is 7.25. The molecule has 3 unspecified atom stereocenters. The highest BCUT2D eigenvalue weighted by Crippen LogP contribution is 2.49. The maximum Gasteiger partial charge on any atom is 0.261 e. The van der Waals surface area contributed by atoms with Crippen LogP contribution in [0.15, 0.2) is 61.2 Å². The van der Waals surface area contributed by atoms with Crippen molar-refractivity contribution in [2.24, 2.45) is 11.3 Å². The number of anilines is 2. The number of ether oxygens (including phenoxy) is 2. The minimum atomic E-state index is -0.698. The summed E-state index contributed by atoms with van der Waals surface area (Å²) in [7, 11) is 2.28.